The number of hydrogen-bond acceptors (Lipinski definition) is 5. The lowest BCUT2D eigenvalue weighted by molar-refractivity contribution is 0.665. The molecule has 8 aromatic carbocycles. The smallest absolute Gasteiger partial charge is 0.164 e. The molecule has 0 saturated heterocycles. The minimum absolute atomic E-state index is 0.0592. The van der Waals surface area contributed by atoms with Crippen LogP contribution in [0.1, 0.15) is 28.7 Å². The molecular weight excluding hydrogens is 707 g/mol. The summed E-state index contributed by atoms with van der Waals surface area (Å²) in [5, 5.41) is 0. The molecule has 2 aliphatic heterocycles. The topological polar surface area (TPSA) is 45.2 Å². The van der Waals surface area contributed by atoms with Gasteiger partial charge in [-0.05, 0) is 76.3 Å². The second-order valence-electron chi connectivity index (χ2n) is 14.8. The van der Waals surface area contributed by atoms with Crippen LogP contribution in [0.3, 0.4) is 0 Å². The summed E-state index contributed by atoms with van der Waals surface area (Å²) >= 11 is 0. The van der Waals surface area contributed by atoms with Crippen LogP contribution in [-0.2, 0) is 0 Å². The van der Waals surface area contributed by atoms with Crippen molar-refractivity contribution in [3.63, 3.8) is 0 Å². The Labute approximate surface area is 338 Å². The summed E-state index contributed by atoms with van der Waals surface area (Å²) in [5.41, 5.74) is 14.9. The van der Waals surface area contributed by atoms with E-state index in [2.05, 4.69) is 161 Å². The number of rotatable bonds is 6. The Morgan fingerprint density at radius 1 is 0.310 bits per heavy atom. The van der Waals surface area contributed by atoms with Crippen LogP contribution in [0.25, 0.3) is 45.3 Å². The molecule has 9 aromatic rings. The molecule has 0 saturated carbocycles. The van der Waals surface area contributed by atoms with Crippen molar-refractivity contribution in [2.45, 2.75) is 12.0 Å². The number of fused-ring (bicyclic) bond motifs is 7. The molecule has 2 atom stereocenters. The van der Waals surface area contributed by atoms with Gasteiger partial charge in [0.25, 0.3) is 0 Å². The molecule has 0 aliphatic carbocycles. The number of benzene rings is 8. The van der Waals surface area contributed by atoms with E-state index in [1.165, 1.54) is 39.4 Å². The quantitative estimate of drug-likeness (QED) is 0.170. The van der Waals surface area contributed by atoms with E-state index in [1.54, 1.807) is 0 Å². The fourth-order valence-electron chi connectivity index (χ4n) is 8.89. The molecule has 11 rings (SSSR count). The van der Waals surface area contributed by atoms with Gasteiger partial charge in [0.05, 0.1) is 17.4 Å². The van der Waals surface area contributed by atoms with Crippen LogP contribution in [0, 0.1) is 0 Å². The molecule has 274 valence electrons. The Morgan fingerprint density at radius 2 is 0.724 bits per heavy atom. The fraction of sp³-hybridized carbons (Fsp3) is 0.0377. The van der Waals surface area contributed by atoms with Crippen LogP contribution in [0.2, 0.25) is 0 Å². The van der Waals surface area contributed by atoms with Crippen molar-refractivity contribution in [2.24, 2.45) is 0 Å². The van der Waals surface area contributed by atoms with Crippen molar-refractivity contribution in [2.75, 3.05) is 9.80 Å². The van der Waals surface area contributed by atoms with E-state index in [0.717, 1.165) is 33.5 Å². The van der Waals surface area contributed by atoms with E-state index in [-0.39, 0.29) is 12.0 Å². The third kappa shape index (κ3) is 5.75. The van der Waals surface area contributed by atoms with Crippen LogP contribution in [-0.4, -0.2) is 15.0 Å². The van der Waals surface area contributed by atoms with Gasteiger partial charge >= 0.3 is 0 Å². The predicted molar refractivity (Wildman–Crippen MR) is 236 cm³/mol. The largest absolute Gasteiger partial charge is 0.333 e. The maximum absolute atomic E-state index is 5.02. The molecule has 5 nitrogen and oxygen atoms in total. The number of hydrogen-bond donors (Lipinski definition) is 0. The average molecular weight is 744 g/mol. The molecule has 0 bridgehead atoms. The Kier molecular flexibility index (Phi) is 8.21. The SMILES string of the molecule is c1ccc(-c2nc(-c3ccccc3)nc(-c3cccc(-c4cccc(N5c6ccccc6C6c7ccccc7N(c7ccccc7)C6c6ccccc65)c4)c3)n2)cc1. The van der Waals surface area contributed by atoms with Crippen molar-refractivity contribution < 1.29 is 0 Å². The zero-order valence-electron chi connectivity index (χ0n) is 31.6. The van der Waals surface area contributed by atoms with Crippen molar-refractivity contribution in [1.29, 1.82) is 0 Å². The van der Waals surface area contributed by atoms with Crippen LogP contribution >= 0.6 is 0 Å². The summed E-state index contributed by atoms with van der Waals surface area (Å²) in [7, 11) is 0. The lowest BCUT2D eigenvalue weighted by atomic mass is 9.84. The lowest BCUT2D eigenvalue weighted by Crippen LogP contribution is -2.22. The maximum atomic E-state index is 5.02. The maximum Gasteiger partial charge on any atom is 0.164 e. The molecule has 0 amide bonds. The van der Waals surface area contributed by atoms with Crippen LogP contribution in [0.4, 0.5) is 28.4 Å². The third-order valence-corrected chi connectivity index (χ3v) is 11.4. The van der Waals surface area contributed by atoms with Gasteiger partial charge in [-0.1, -0.05) is 164 Å². The van der Waals surface area contributed by atoms with Crippen molar-refractivity contribution >= 4 is 28.4 Å². The molecule has 0 fully saturated rings. The van der Waals surface area contributed by atoms with E-state index < -0.39 is 0 Å². The minimum atomic E-state index is 0.0592. The van der Waals surface area contributed by atoms with E-state index in [0.29, 0.717) is 17.5 Å². The highest BCUT2D eigenvalue weighted by Crippen LogP contribution is 2.61. The molecule has 58 heavy (non-hydrogen) atoms. The summed E-state index contributed by atoms with van der Waals surface area (Å²) in [6.07, 6.45) is 0. The first-order valence-electron chi connectivity index (χ1n) is 19.8. The van der Waals surface area contributed by atoms with E-state index in [9.17, 15) is 0 Å². The minimum Gasteiger partial charge on any atom is -0.333 e. The molecule has 5 heteroatoms. The first-order chi connectivity index (χ1) is 28.8. The molecule has 0 radical (unpaired) electrons. The van der Waals surface area contributed by atoms with Gasteiger partial charge in [-0.15, -0.1) is 0 Å². The highest BCUT2D eigenvalue weighted by atomic mass is 15.2. The lowest BCUT2D eigenvalue weighted by Gasteiger charge is -2.32. The van der Waals surface area contributed by atoms with Gasteiger partial charge in [-0.2, -0.15) is 0 Å². The van der Waals surface area contributed by atoms with Gasteiger partial charge in [0, 0.05) is 39.7 Å². The summed E-state index contributed by atoms with van der Waals surface area (Å²) in [6.45, 7) is 0. The van der Waals surface area contributed by atoms with E-state index >= 15 is 0 Å². The number of aromatic nitrogens is 3. The molecular formula is C53H37N5. The normalized spacial score (nSPS) is 15.2. The number of nitrogens with zero attached hydrogens (tertiary/aromatic N) is 5. The van der Waals surface area contributed by atoms with Gasteiger partial charge in [0.1, 0.15) is 0 Å². The van der Waals surface area contributed by atoms with Crippen LogP contribution < -0.4 is 9.80 Å². The average Bonchev–Trinajstić information content (AvgIpc) is 3.59. The fourth-order valence-corrected chi connectivity index (χ4v) is 8.89. The molecule has 1 aromatic heterocycles. The highest BCUT2D eigenvalue weighted by molar-refractivity contribution is 5.89. The van der Waals surface area contributed by atoms with Gasteiger partial charge in [-0.3, -0.25) is 0 Å². The zero-order chi connectivity index (χ0) is 38.4. The zero-order valence-corrected chi connectivity index (χ0v) is 31.6. The highest BCUT2D eigenvalue weighted by Gasteiger charge is 2.45. The van der Waals surface area contributed by atoms with Crippen LogP contribution in [0.15, 0.2) is 212 Å². The molecule has 2 aliphatic rings. The van der Waals surface area contributed by atoms with Gasteiger partial charge in [-0.25, -0.2) is 15.0 Å². The Morgan fingerprint density at radius 3 is 1.36 bits per heavy atom. The molecule has 0 spiro atoms. The second-order valence-corrected chi connectivity index (χ2v) is 14.8. The van der Waals surface area contributed by atoms with Crippen molar-refractivity contribution in [3.8, 4) is 45.3 Å². The van der Waals surface area contributed by atoms with E-state index in [1.807, 2.05) is 60.7 Å². The van der Waals surface area contributed by atoms with Crippen LogP contribution in [0.5, 0.6) is 0 Å². The molecule has 3 heterocycles. The number of para-hydroxylation sites is 4. The summed E-state index contributed by atoms with van der Waals surface area (Å²) in [5.74, 6) is 2.05. The Balaban J connectivity index is 1.04. The van der Waals surface area contributed by atoms with E-state index in [4.69, 9.17) is 15.0 Å². The Hall–Kier alpha value is -7.63. The Bertz CT molecular complexity index is 2870. The molecule has 2 unspecified atom stereocenters. The third-order valence-electron chi connectivity index (χ3n) is 11.4. The predicted octanol–water partition coefficient (Wildman–Crippen LogP) is 13.3. The standard InChI is InChI=1S/C53H37N5/c1-4-18-36(19-5-1)51-54-52(37-20-6-2-7-21-37)56-53(55-51)40-24-16-22-38(34-40)39-23-17-27-42(35-39)57-46-31-13-10-28-43(46)49-44-29-11-14-32-47(44)58(41-25-8-3-9-26-41)50(49)45-30-12-15-33-48(45)57/h1-35,49-50H. The molecule has 0 N–H and O–H groups in total. The number of anilines is 5. The van der Waals surface area contributed by atoms with Crippen molar-refractivity contribution in [1.82, 2.24) is 15.0 Å². The summed E-state index contributed by atoms with van der Waals surface area (Å²) in [6, 6.07) is 75.4. The van der Waals surface area contributed by atoms with Gasteiger partial charge in [0.15, 0.2) is 17.5 Å². The van der Waals surface area contributed by atoms with Gasteiger partial charge < -0.3 is 9.80 Å². The second kappa shape index (κ2) is 14.1. The first-order valence-corrected chi connectivity index (χ1v) is 19.8. The summed E-state index contributed by atoms with van der Waals surface area (Å²) < 4.78 is 0. The first kappa shape index (κ1) is 33.7. The monoisotopic (exact) mass is 743 g/mol. The van der Waals surface area contributed by atoms with Crippen molar-refractivity contribution in [3.05, 3.63) is 229 Å². The van der Waals surface area contributed by atoms with Gasteiger partial charge in [0.2, 0.25) is 0 Å². The summed E-state index contributed by atoms with van der Waals surface area (Å²) in [4.78, 5) is 20.0.